The fourth-order valence-electron chi connectivity index (χ4n) is 3.65. The van der Waals surface area contributed by atoms with Crippen molar-refractivity contribution in [3.8, 4) is 0 Å². The minimum Gasteiger partial charge on any atom is -0.475 e. The van der Waals surface area contributed by atoms with Gasteiger partial charge in [0.05, 0.1) is 0 Å². The molecule has 2 aromatic rings. The van der Waals surface area contributed by atoms with Crippen molar-refractivity contribution in [1.82, 2.24) is 15.1 Å². The molecule has 3 rings (SSSR count). The van der Waals surface area contributed by atoms with E-state index in [1.807, 2.05) is 66.4 Å². The number of nitrogens with one attached hydrogen (secondary N) is 1. The molecule has 0 atom stereocenters. The van der Waals surface area contributed by atoms with Crippen molar-refractivity contribution in [2.24, 2.45) is 0 Å². The Hall–Kier alpha value is -3.60. The van der Waals surface area contributed by atoms with Crippen LogP contribution in [0.5, 0.6) is 0 Å². The number of carbonyl (C=O) groups excluding carboxylic acids is 2. The molecule has 0 unspecified atom stereocenters. The molecule has 1 fully saturated rings. The summed E-state index contributed by atoms with van der Waals surface area (Å²) in [5.74, 6) is -2.82. The second-order valence-corrected chi connectivity index (χ2v) is 8.69. The topological polar surface area (TPSA) is 93.2 Å². The van der Waals surface area contributed by atoms with E-state index >= 15 is 0 Å². The van der Waals surface area contributed by atoms with Crippen molar-refractivity contribution < 1.29 is 32.7 Å². The summed E-state index contributed by atoms with van der Waals surface area (Å²) in [5.41, 5.74) is 2.83. The molecule has 1 heterocycles. The van der Waals surface area contributed by atoms with Gasteiger partial charge in [-0.05, 0) is 36.6 Å². The monoisotopic (exact) mass is 522 g/mol. The number of aliphatic carboxylic acids is 1. The van der Waals surface area contributed by atoms with Crippen molar-refractivity contribution in [3.63, 3.8) is 0 Å². The van der Waals surface area contributed by atoms with Gasteiger partial charge in [-0.25, -0.2) is 4.79 Å². The predicted molar refractivity (Wildman–Crippen MR) is 135 cm³/mol. The lowest BCUT2D eigenvalue weighted by Crippen LogP contribution is -2.50. The van der Waals surface area contributed by atoms with Crippen LogP contribution in [0.15, 0.2) is 54.6 Å². The van der Waals surface area contributed by atoms with E-state index < -0.39 is 12.1 Å². The first-order valence-electron chi connectivity index (χ1n) is 11.9. The molecule has 0 spiro atoms. The van der Waals surface area contributed by atoms with Crippen LogP contribution in [0.2, 0.25) is 0 Å². The number of alkyl halides is 3. The van der Waals surface area contributed by atoms with E-state index in [2.05, 4.69) is 17.4 Å². The van der Waals surface area contributed by atoms with Gasteiger partial charge in [0.1, 0.15) is 6.54 Å². The summed E-state index contributed by atoms with van der Waals surface area (Å²) in [7, 11) is 3.91. The Morgan fingerprint density at radius 1 is 1.00 bits per heavy atom. The average Bonchev–Trinajstić information content (AvgIpc) is 2.88. The standard InChI is InChI=1S/C24H32N4O2.C2HF3O2/c1-26(2)22-12-6-11-21(18-22)24(30)28(15-7-10-20-8-4-3-5-9-20)19-23(29)27-16-13-25-14-17-27;3-2(4,5)1(6)7/h3-6,8-9,11-12,18,25H,7,10,13-17,19H2,1-2H3;(H,6,7). The fourth-order valence-corrected chi connectivity index (χ4v) is 3.65. The van der Waals surface area contributed by atoms with Gasteiger partial charge >= 0.3 is 12.1 Å². The van der Waals surface area contributed by atoms with Gasteiger partial charge in [0, 0.05) is 58.1 Å². The van der Waals surface area contributed by atoms with E-state index in [9.17, 15) is 22.8 Å². The Morgan fingerprint density at radius 2 is 1.62 bits per heavy atom. The summed E-state index contributed by atoms with van der Waals surface area (Å²) in [5, 5.41) is 10.4. The first-order chi connectivity index (χ1) is 17.5. The molecule has 0 aliphatic carbocycles. The smallest absolute Gasteiger partial charge is 0.475 e. The SMILES string of the molecule is CN(C)c1cccc(C(=O)N(CCCc2ccccc2)CC(=O)N2CCNCC2)c1.O=C(O)C(F)(F)F. The third-order valence-corrected chi connectivity index (χ3v) is 5.67. The molecular weight excluding hydrogens is 489 g/mol. The lowest BCUT2D eigenvalue weighted by Gasteiger charge is -2.30. The maximum atomic E-state index is 13.3. The van der Waals surface area contributed by atoms with Crippen LogP contribution in [0.3, 0.4) is 0 Å². The zero-order chi connectivity index (χ0) is 27.4. The molecular formula is C26H33F3N4O4. The molecule has 202 valence electrons. The van der Waals surface area contributed by atoms with E-state index in [-0.39, 0.29) is 18.4 Å². The molecule has 2 N–H and O–H groups in total. The fraction of sp³-hybridized carbons (Fsp3) is 0.423. The number of halogens is 3. The first-order valence-corrected chi connectivity index (χ1v) is 11.9. The highest BCUT2D eigenvalue weighted by molar-refractivity contribution is 5.97. The van der Waals surface area contributed by atoms with Gasteiger partial charge in [0.25, 0.3) is 5.91 Å². The summed E-state index contributed by atoms with van der Waals surface area (Å²) in [6.07, 6.45) is -3.39. The van der Waals surface area contributed by atoms with Gasteiger partial charge in [0.15, 0.2) is 0 Å². The quantitative estimate of drug-likeness (QED) is 0.554. The summed E-state index contributed by atoms with van der Waals surface area (Å²) in [6.45, 7) is 3.68. The largest absolute Gasteiger partial charge is 0.490 e. The Morgan fingerprint density at radius 3 is 2.19 bits per heavy atom. The number of rotatable bonds is 8. The van der Waals surface area contributed by atoms with Gasteiger partial charge in [-0.1, -0.05) is 36.4 Å². The van der Waals surface area contributed by atoms with E-state index in [0.717, 1.165) is 31.6 Å². The zero-order valence-corrected chi connectivity index (χ0v) is 21.0. The minimum atomic E-state index is -5.08. The van der Waals surface area contributed by atoms with Crippen LogP contribution in [0.25, 0.3) is 0 Å². The van der Waals surface area contributed by atoms with Gasteiger partial charge in [-0.3, -0.25) is 9.59 Å². The number of benzene rings is 2. The normalized spacial score (nSPS) is 13.3. The van der Waals surface area contributed by atoms with Crippen molar-refractivity contribution in [2.45, 2.75) is 19.0 Å². The van der Waals surface area contributed by atoms with Crippen molar-refractivity contribution >= 4 is 23.5 Å². The molecule has 1 saturated heterocycles. The Kier molecular flexibility index (Phi) is 11.4. The van der Waals surface area contributed by atoms with Crippen LogP contribution >= 0.6 is 0 Å². The lowest BCUT2D eigenvalue weighted by molar-refractivity contribution is -0.192. The molecule has 8 nitrogen and oxygen atoms in total. The van der Waals surface area contributed by atoms with Gasteiger partial charge in [0.2, 0.25) is 5.91 Å². The molecule has 0 bridgehead atoms. The van der Waals surface area contributed by atoms with Crippen molar-refractivity contribution in [3.05, 3.63) is 65.7 Å². The molecule has 2 aromatic carbocycles. The average molecular weight is 523 g/mol. The van der Waals surface area contributed by atoms with Gasteiger partial charge < -0.3 is 25.1 Å². The zero-order valence-electron chi connectivity index (χ0n) is 21.0. The van der Waals surface area contributed by atoms with E-state index in [1.54, 1.807) is 4.90 Å². The Labute approximate surface area is 214 Å². The number of hydrogen-bond acceptors (Lipinski definition) is 5. The number of carboxylic acid groups (broad SMARTS) is 1. The summed E-state index contributed by atoms with van der Waals surface area (Å²) in [4.78, 5) is 40.6. The number of amides is 2. The number of aryl methyl sites for hydroxylation is 1. The van der Waals surface area contributed by atoms with Crippen LogP contribution in [-0.4, -0.2) is 92.2 Å². The number of hydrogen-bond donors (Lipinski definition) is 2. The van der Waals surface area contributed by atoms with Crippen molar-refractivity contribution in [1.29, 1.82) is 0 Å². The third kappa shape index (κ3) is 10.1. The van der Waals surface area contributed by atoms with E-state index in [1.165, 1.54) is 5.56 Å². The molecule has 0 aromatic heterocycles. The van der Waals surface area contributed by atoms with Gasteiger partial charge in [-0.15, -0.1) is 0 Å². The second kappa shape index (κ2) is 14.2. The second-order valence-electron chi connectivity index (χ2n) is 8.69. The molecule has 2 amide bonds. The van der Waals surface area contributed by atoms with E-state index in [0.29, 0.717) is 25.2 Å². The summed E-state index contributed by atoms with van der Waals surface area (Å²) >= 11 is 0. The van der Waals surface area contributed by atoms with Gasteiger partial charge in [-0.2, -0.15) is 13.2 Å². The predicted octanol–water partition coefficient (Wildman–Crippen LogP) is 2.89. The number of piperazine rings is 1. The van der Waals surface area contributed by atoms with Crippen LogP contribution in [0, 0.1) is 0 Å². The maximum absolute atomic E-state index is 13.3. The minimum absolute atomic E-state index is 0.0216. The molecule has 0 radical (unpaired) electrons. The molecule has 37 heavy (non-hydrogen) atoms. The van der Waals surface area contributed by atoms with Crippen LogP contribution < -0.4 is 10.2 Å². The lowest BCUT2D eigenvalue weighted by atomic mass is 10.1. The maximum Gasteiger partial charge on any atom is 0.490 e. The van der Waals surface area contributed by atoms with Crippen LogP contribution in [0.4, 0.5) is 18.9 Å². The number of carbonyl (C=O) groups is 3. The molecule has 1 aliphatic rings. The number of nitrogens with zero attached hydrogens (tertiary/aromatic N) is 3. The third-order valence-electron chi connectivity index (χ3n) is 5.67. The summed E-state index contributed by atoms with van der Waals surface area (Å²) in [6, 6.07) is 17.8. The Bertz CT molecular complexity index is 1030. The summed E-state index contributed by atoms with van der Waals surface area (Å²) < 4.78 is 31.7. The highest BCUT2D eigenvalue weighted by Gasteiger charge is 2.38. The molecule has 11 heteroatoms. The Balaban J connectivity index is 0.000000604. The van der Waals surface area contributed by atoms with E-state index in [4.69, 9.17) is 9.90 Å². The van der Waals surface area contributed by atoms with Crippen LogP contribution in [0.1, 0.15) is 22.3 Å². The molecule has 1 aliphatic heterocycles. The van der Waals surface area contributed by atoms with Crippen LogP contribution in [-0.2, 0) is 16.0 Å². The number of carboxylic acids is 1. The molecule has 0 saturated carbocycles. The number of anilines is 1. The highest BCUT2D eigenvalue weighted by Crippen LogP contribution is 2.16. The first kappa shape index (κ1) is 29.6. The highest BCUT2D eigenvalue weighted by atomic mass is 19.4. The van der Waals surface area contributed by atoms with Crippen molar-refractivity contribution in [2.75, 3.05) is 58.3 Å².